The number of carbonyl (C=O) groups excluding carboxylic acids is 1. The molecule has 1 aliphatic heterocycles. The number of piperidine rings is 1. The van der Waals surface area contributed by atoms with Gasteiger partial charge >= 0.3 is 0 Å². The van der Waals surface area contributed by atoms with E-state index in [-0.39, 0.29) is 13.3 Å². The molecule has 4 rings (SSSR count). The average Bonchev–Trinajstić information content (AvgIpc) is 3.29. The molecule has 7 nitrogen and oxygen atoms in total. The minimum absolute atomic E-state index is 0. The average molecular weight is 535 g/mol. The number of amides is 1. The Morgan fingerprint density at radius 2 is 1.56 bits per heavy atom. The highest BCUT2D eigenvalue weighted by molar-refractivity contribution is 5.94. The van der Waals surface area contributed by atoms with Crippen LogP contribution in [0.2, 0.25) is 0 Å². The van der Waals surface area contributed by atoms with Crippen LogP contribution in [0.25, 0.3) is 11.2 Å². The maximum atomic E-state index is 13.5. The molecule has 2 aromatic heterocycles. The summed E-state index contributed by atoms with van der Waals surface area (Å²) >= 11 is 0. The predicted molar refractivity (Wildman–Crippen MR) is 164 cm³/mol. The van der Waals surface area contributed by atoms with Crippen LogP contribution >= 0.6 is 0 Å². The van der Waals surface area contributed by atoms with Gasteiger partial charge in [-0.1, -0.05) is 59.6 Å². The van der Waals surface area contributed by atoms with Crippen molar-refractivity contribution in [2.75, 3.05) is 38.0 Å². The van der Waals surface area contributed by atoms with E-state index in [9.17, 15) is 4.79 Å². The van der Waals surface area contributed by atoms with Crippen molar-refractivity contribution in [1.29, 1.82) is 0 Å². The van der Waals surface area contributed by atoms with E-state index < -0.39 is 0 Å². The van der Waals surface area contributed by atoms with Crippen LogP contribution in [-0.4, -0.2) is 63.0 Å². The smallest absolute Gasteiger partial charge is 0.272 e. The van der Waals surface area contributed by atoms with E-state index in [1.807, 2.05) is 17.0 Å². The molecule has 214 valence electrons. The van der Waals surface area contributed by atoms with Crippen LogP contribution in [0.1, 0.15) is 95.6 Å². The van der Waals surface area contributed by atoms with Crippen molar-refractivity contribution in [2.24, 2.45) is 0 Å². The van der Waals surface area contributed by atoms with Gasteiger partial charge in [-0.05, 0) is 88.0 Å². The standard InChI is InChI=1S/C31H46N6O.CH4/c1-4-7-22-36(23-8-5-2)30(38)28-18-17-27-29(33-28)37(24-12-21-35-19-10-9-11-20-35)31(34-27)32-26-15-13-25(6-3)14-16-26;/h13-18H,4-12,19-24H2,1-3H3,(H,32,34);1H4. The summed E-state index contributed by atoms with van der Waals surface area (Å²) in [7, 11) is 0. The van der Waals surface area contributed by atoms with Gasteiger partial charge in [0.1, 0.15) is 11.2 Å². The number of hydrogen-bond donors (Lipinski definition) is 1. The number of hydrogen-bond acceptors (Lipinski definition) is 5. The van der Waals surface area contributed by atoms with Crippen LogP contribution in [0.4, 0.5) is 11.6 Å². The molecule has 0 unspecified atom stereocenters. The van der Waals surface area contributed by atoms with Gasteiger partial charge in [0.25, 0.3) is 5.91 Å². The topological polar surface area (TPSA) is 66.3 Å². The molecule has 0 aliphatic carbocycles. The minimum atomic E-state index is 0. The number of rotatable bonds is 14. The summed E-state index contributed by atoms with van der Waals surface area (Å²) in [5.74, 6) is 0.813. The van der Waals surface area contributed by atoms with Gasteiger partial charge in [-0.25, -0.2) is 9.97 Å². The Kier molecular flexibility index (Phi) is 12.2. The molecule has 1 aliphatic rings. The summed E-state index contributed by atoms with van der Waals surface area (Å²) in [5, 5.41) is 3.53. The van der Waals surface area contributed by atoms with Crippen LogP contribution in [0.15, 0.2) is 36.4 Å². The third-order valence-corrected chi connectivity index (χ3v) is 7.58. The number of fused-ring (bicyclic) bond motifs is 1. The molecule has 1 saturated heterocycles. The molecule has 1 N–H and O–H groups in total. The SMILES string of the molecule is C.CCCCN(CCCC)C(=O)c1ccc2nc(Nc3ccc(CC)cc3)n(CCCN3CCCCC3)c2n1. The number of likely N-dealkylation sites (tertiary alicyclic amines) is 1. The number of imidazole rings is 1. The fourth-order valence-electron chi connectivity index (χ4n) is 5.19. The van der Waals surface area contributed by atoms with Crippen molar-refractivity contribution < 1.29 is 4.79 Å². The van der Waals surface area contributed by atoms with Crippen LogP contribution < -0.4 is 5.32 Å². The lowest BCUT2D eigenvalue weighted by molar-refractivity contribution is 0.0745. The first-order valence-electron chi connectivity index (χ1n) is 14.9. The van der Waals surface area contributed by atoms with Gasteiger partial charge in [-0.3, -0.25) is 9.36 Å². The number of unbranched alkanes of at least 4 members (excludes halogenated alkanes) is 2. The molecule has 0 atom stereocenters. The zero-order valence-corrected chi connectivity index (χ0v) is 23.7. The summed E-state index contributed by atoms with van der Waals surface area (Å²) in [4.78, 5) is 27.9. The fourth-order valence-corrected chi connectivity index (χ4v) is 5.19. The van der Waals surface area contributed by atoms with E-state index in [4.69, 9.17) is 9.97 Å². The Morgan fingerprint density at radius 1 is 0.872 bits per heavy atom. The van der Waals surface area contributed by atoms with E-state index in [0.717, 1.165) is 87.5 Å². The number of aromatic nitrogens is 3. The number of benzene rings is 1. The molecule has 0 spiro atoms. The predicted octanol–water partition coefficient (Wildman–Crippen LogP) is 7.29. The maximum absolute atomic E-state index is 13.5. The van der Waals surface area contributed by atoms with Crippen LogP contribution in [0, 0.1) is 0 Å². The van der Waals surface area contributed by atoms with Gasteiger partial charge in [-0.15, -0.1) is 0 Å². The van der Waals surface area contributed by atoms with Crippen molar-refractivity contribution in [1.82, 2.24) is 24.3 Å². The van der Waals surface area contributed by atoms with E-state index in [2.05, 4.69) is 59.8 Å². The number of nitrogens with zero attached hydrogens (tertiary/aromatic N) is 5. The summed E-state index contributed by atoms with van der Waals surface area (Å²) in [6.45, 7) is 12.3. The molecule has 0 radical (unpaired) electrons. The van der Waals surface area contributed by atoms with E-state index in [1.54, 1.807) is 0 Å². The first kappa shape index (κ1) is 30.6. The molecule has 1 aromatic carbocycles. The molecule has 3 heterocycles. The van der Waals surface area contributed by atoms with Gasteiger partial charge in [0.15, 0.2) is 5.65 Å². The summed E-state index contributed by atoms with van der Waals surface area (Å²) < 4.78 is 2.17. The van der Waals surface area contributed by atoms with Crippen molar-refractivity contribution in [3.8, 4) is 0 Å². The zero-order valence-electron chi connectivity index (χ0n) is 23.7. The van der Waals surface area contributed by atoms with Gasteiger partial charge in [0, 0.05) is 25.3 Å². The highest BCUT2D eigenvalue weighted by Crippen LogP contribution is 2.24. The van der Waals surface area contributed by atoms with Crippen LogP contribution in [0.3, 0.4) is 0 Å². The normalized spacial score (nSPS) is 13.8. The Bertz CT molecular complexity index is 1140. The van der Waals surface area contributed by atoms with E-state index in [0.29, 0.717) is 5.69 Å². The molecule has 7 heteroatoms. The zero-order chi connectivity index (χ0) is 26.7. The highest BCUT2D eigenvalue weighted by atomic mass is 16.2. The third kappa shape index (κ3) is 8.28. The molecule has 3 aromatic rings. The molecular weight excluding hydrogens is 484 g/mol. The first-order valence-corrected chi connectivity index (χ1v) is 14.9. The molecule has 0 saturated carbocycles. The van der Waals surface area contributed by atoms with Crippen molar-refractivity contribution in [3.05, 3.63) is 47.7 Å². The second-order valence-corrected chi connectivity index (χ2v) is 10.6. The van der Waals surface area contributed by atoms with Crippen molar-refractivity contribution >= 4 is 28.7 Å². The second-order valence-electron chi connectivity index (χ2n) is 10.6. The number of carbonyl (C=O) groups is 1. The van der Waals surface area contributed by atoms with Crippen molar-refractivity contribution in [2.45, 2.75) is 92.5 Å². The number of aryl methyl sites for hydroxylation is 2. The lowest BCUT2D eigenvalue weighted by Gasteiger charge is -2.26. The van der Waals surface area contributed by atoms with Crippen LogP contribution in [-0.2, 0) is 13.0 Å². The molecule has 39 heavy (non-hydrogen) atoms. The Hall–Kier alpha value is -2.93. The lowest BCUT2D eigenvalue weighted by atomic mass is 10.1. The van der Waals surface area contributed by atoms with Crippen molar-refractivity contribution in [3.63, 3.8) is 0 Å². The first-order chi connectivity index (χ1) is 18.6. The highest BCUT2D eigenvalue weighted by Gasteiger charge is 2.20. The lowest BCUT2D eigenvalue weighted by Crippen LogP contribution is -2.33. The fraction of sp³-hybridized carbons (Fsp3) is 0.594. The Labute approximate surface area is 236 Å². The summed E-state index contributed by atoms with van der Waals surface area (Å²) in [5.41, 5.74) is 4.44. The number of anilines is 2. The maximum Gasteiger partial charge on any atom is 0.272 e. The van der Waals surface area contributed by atoms with Gasteiger partial charge in [-0.2, -0.15) is 0 Å². The Balaban J connectivity index is 0.00000420. The van der Waals surface area contributed by atoms with E-state index >= 15 is 0 Å². The molecule has 0 bridgehead atoms. The number of pyridine rings is 1. The molecular formula is C32H50N6O. The molecule has 1 fully saturated rings. The van der Waals surface area contributed by atoms with E-state index in [1.165, 1.54) is 37.9 Å². The summed E-state index contributed by atoms with van der Waals surface area (Å²) in [6.07, 6.45) is 10.1. The second kappa shape index (κ2) is 15.6. The largest absolute Gasteiger partial charge is 0.337 e. The van der Waals surface area contributed by atoms with Gasteiger partial charge < -0.3 is 15.1 Å². The minimum Gasteiger partial charge on any atom is -0.337 e. The van der Waals surface area contributed by atoms with Crippen LogP contribution in [0.5, 0.6) is 0 Å². The summed E-state index contributed by atoms with van der Waals surface area (Å²) in [6, 6.07) is 12.3. The van der Waals surface area contributed by atoms with Gasteiger partial charge in [0.2, 0.25) is 5.95 Å². The Morgan fingerprint density at radius 3 is 2.21 bits per heavy atom. The van der Waals surface area contributed by atoms with Gasteiger partial charge in [0.05, 0.1) is 0 Å². The molecule has 1 amide bonds. The third-order valence-electron chi connectivity index (χ3n) is 7.58. The number of nitrogens with one attached hydrogen (secondary N) is 1. The quantitative estimate of drug-likeness (QED) is 0.235. The monoisotopic (exact) mass is 534 g/mol.